The highest BCUT2D eigenvalue weighted by atomic mass is 35.5. The lowest BCUT2D eigenvalue weighted by molar-refractivity contribution is -0.167. The molecule has 2 aliphatic heterocycles. The van der Waals surface area contributed by atoms with E-state index in [0.29, 0.717) is 36.2 Å². The SMILES string of the molecule is COc1ccc(C2CN(C3(CO)COC3)CCC2NC(=O)Nc2ccc(Cl)cc2)nc1. The van der Waals surface area contributed by atoms with Gasteiger partial charge in [-0.1, -0.05) is 11.6 Å². The summed E-state index contributed by atoms with van der Waals surface area (Å²) in [5.74, 6) is 0.639. The molecule has 3 N–H and O–H groups in total. The van der Waals surface area contributed by atoms with Crippen molar-refractivity contribution in [2.45, 2.75) is 23.9 Å². The van der Waals surface area contributed by atoms with Gasteiger partial charge in [-0.3, -0.25) is 9.88 Å². The molecular formula is C22H27ClN4O4. The Morgan fingerprint density at radius 2 is 2.10 bits per heavy atom. The average Bonchev–Trinajstić information content (AvgIpc) is 2.76. The molecule has 3 heterocycles. The Labute approximate surface area is 186 Å². The number of methoxy groups -OCH3 is 1. The van der Waals surface area contributed by atoms with Crippen LogP contribution in [0.1, 0.15) is 18.0 Å². The molecule has 0 spiro atoms. The molecule has 2 saturated heterocycles. The number of nitrogens with one attached hydrogen (secondary N) is 2. The van der Waals surface area contributed by atoms with Crippen molar-refractivity contribution in [1.29, 1.82) is 0 Å². The topological polar surface area (TPSA) is 96.0 Å². The van der Waals surface area contributed by atoms with Crippen LogP contribution in [0.15, 0.2) is 42.6 Å². The number of halogens is 1. The van der Waals surface area contributed by atoms with Gasteiger partial charge in [-0.25, -0.2) is 4.79 Å². The van der Waals surface area contributed by atoms with E-state index in [1.54, 1.807) is 37.6 Å². The fourth-order valence-electron chi connectivity index (χ4n) is 4.17. The van der Waals surface area contributed by atoms with E-state index in [0.717, 1.165) is 18.7 Å². The van der Waals surface area contributed by atoms with Gasteiger partial charge in [-0.2, -0.15) is 0 Å². The Hall–Kier alpha value is -2.39. The quantitative estimate of drug-likeness (QED) is 0.631. The number of pyridine rings is 1. The van der Waals surface area contributed by atoms with Gasteiger partial charge in [0.2, 0.25) is 0 Å². The minimum Gasteiger partial charge on any atom is -0.495 e. The number of piperidine rings is 1. The van der Waals surface area contributed by atoms with Gasteiger partial charge in [0.15, 0.2) is 0 Å². The van der Waals surface area contributed by atoms with Gasteiger partial charge in [-0.05, 0) is 42.8 Å². The molecular weight excluding hydrogens is 420 g/mol. The monoisotopic (exact) mass is 446 g/mol. The average molecular weight is 447 g/mol. The van der Waals surface area contributed by atoms with Crippen LogP contribution in [0.5, 0.6) is 5.75 Å². The molecule has 9 heteroatoms. The summed E-state index contributed by atoms with van der Waals surface area (Å²) in [7, 11) is 1.60. The third-order valence-corrected chi connectivity index (χ3v) is 6.36. The molecule has 0 radical (unpaired) electrons. The Bertz CT molecular complexity index is 884. The Balaban J connectivity index is 1.50. The van der Waals surface area contributed by atoms with Crippen LogP contribution in [0.2, 0.25) is 5.02 Å². The Morgan fingerprint density at radius 3 is 2.68 bits per heavy atom. The minimum absolute atomic E-state index is 0.0420. The van der Waals surface area contributed by atoms with Gasteiger partial charge < -0.3 is 25.2 Å². The summed E-state index contributed by atoms with van der Waals surface area (Å²) in [6.07, 6.45) is 2.42. The number of nitrogens with zero attached hydrogens (tertiary/aromatic N) is 2. The van der Waals surface area contributed by atoms with Gasteiger partial charge in [-0.15, -0.1) is 0 Å². The van der Waals surface area contributed by atoms with Crippen LogP contribution >= 0.6 is 11.6 Å². The first-order valence-electron chi connectivity index (χ1n) is 10.3. The maximum Gasteiger partial charge on any atom is 0.319 e. The lowest BCUT2D eigenvalue weighted by atomic mass is 9.84. The first-order valence-corrected chi connectivity index (χ1v) is 10.7. The van der Waals surface area contributed by atoms with E-state index in [-0.39, 0.29) is 30.1 Å². The molecule has 2 amide bonds. The van der Waals surface area contributed by atoms with Crippen LogP contribution in [0, 0.1) is 0 Å². The largest absolute Gasteiger partial charge is 0.495 e. The van der Waals surface area contributed by atoms with Crippen molar-refractivity contribution < 1.29 is 19.4 Å². The summed E-state index contributed by atoms with van der Waals surface area (Å²) in [6, 6.07) is 10.4. The highest BCUT2D eigenvalue weighted by molar-refractivity contribution is 6.30. The number of carbonyl (C=O) groups excluding carboxylic acids is 1. The van der Waals surface area contributed by atoms with Crippen LogP contribution < -0.4 is 15.4 Å². The van der Waals surface area contributed by atoms with Gasteiger partial charge in [0.25, 0.3) is 0 Å². The standard InChI is InChI=1S/C22H27ClN4O4/c1-30-17-6-7-19(24-10-17)18-11-27(22(12-28)13-31-14-22)9-8-20(18)26-21(29)25-16-4-2-15(23)3-5-16/h2-7,10,18,20,28H,8-9,11-14H2,1H3,(H2,25,26,29). The number of rotatable bonds is 6. The number of anilines is 1. The van der Waals surface area contributed by atoms with Gasteiger partial charge in [0.05, 0.1) is 38.7 Å². The van der Waals surface area contributed by atoms with Gasteiger partial charge in [0, 0.05) is 41.5 Å². The molecule has 1 aromatic heterocycles. The summed E-state index contributed by atoms with van der Waals surface area (Å²) in [6.45, 7) is 2.49. The van der Waals surface area contributed by atoms with E-state index in [9.17, 15) is 9.90 Å². The summed E-state index contributed by atoms with van der Waals surface area (Å²) >= 11 is 5.92. The Morgan fingerprint density at radius 1 is 1.32 bits per heavy atom. The maximum atomic E-state index is 12.7. The highest BCUT2D eigenvalue weighted by Crippen LogP contribution is 2.34. The van der Waals surface area contributed by atoms with E-state index in [4.69, 9.17) is 21.1 Å². The van der Waals surface area contributed by atoms with Crippen LogP contribution in [0.3, 0.4) is 0 Å². The normalized spacial score (nSPS) is 22.9. The van der Waals surface area contributed by atoms with Crippen LogP contribution in [0.25, 0.3) is 0 Å². The smallest absolute Gasteiger partial charge is 0.319 e. The Kier molecular flexibility index (Phi) is 6.62. The highest BCUT2D eigenvalue weighted by Gasteiger charge is 2.47. The molecule has 0 bridgehead atoms. The van der Waals surface area contributed by atoms with E-state index < -0.39 is 0 Å². The zero-order valence-corrected chi connectivity index (χ0v) is 18.1. The number of aliphatic hydroxyl groups excluding tert-OH is 1. The van der Waals surface area contributed by atoms with E-state index in [2.05, 4.69) is 20.5 Å². The minimum atomic E-state index is -0.346. The number of amides is 2. The summed E-state index contributed by atoms with van der Waals surface area (Å²) in [4.78, 5) is 19.5. The number of ether oxygens (including phenoxy) is 2. The number of likely N-dealkylation sites (tertiary alicyclic amines) is 1. The molecule has 2 aliphatic rings. The first-order chi connectivity index (χ1) is 15.0. The van der Waals surface area contributed by atoms with Crippen molar-refractivity contribution in [1.82, 2.24) is 15.2 Å². The van der Waals surface area contributed by atoms with Crippen molar-refractivity contribution >= 4 is 23.3 Å². The van der Waals surface area contributed by atoms with Crippen molar-refractivity contribution in [3.63, 3.8) is 0 Å². The van der Waals surface area contributed by atoms with Crippen LogP contribution in [0.4, 0.5) is 10.5 Å². The molecule has 8 nitrogen and oxygen atoms in total. The number of hydrogen-bond donors (Lipinski definition) is 3. The van der Waals surface area contributed by atoms with Crippen molar-refractivity contribution in [3.8, 4) is 5.75 Å². The molecule has 1 aromatic carbocycles. The fourth-order valence-corrected chi connectivity index (χ4v) is 4.29. The molecule has 2 atom stereocenters. The number of hydrogen-bond acceptors (Lipinski definition) is 6. The van der Waals surface area contributed by atoms with Crippen LogP contribution in [-0.4, -0.2) is 72.6 Å². The molecule has 0 aliphatic carbocycles. The number of aliphatic hydroxyl groups is 1. The van der Waals surface area contributed by atoms with Crippen molar-refractivity contribution in [3.05, 3.63) is 53.3 Å². The van der Waals surface area contributed by atoms with E-state index >= 15 is 0 Å². The van der Waals surface area contributed by atoms with Gasteiger partial charge in [0.1, 0.15) is 5.75 Å². The number of benzene rings is 1. The molecule has 4 rings (SSSR count). The predicted octanol–water partition coefficient (Wildman–Crippen LogP) is 2.48. The summed E-state index contributed by atoms with van der Waals surface area (Å²) < 4.78 is 10.6. The van der Waals surface area contributed by atoms with E-state index in [1.807, 2.05) is 12.1 Å². The zero-order valence-electron chi connectivity index (χ0n) is 17.4. The first kappa shape index (κ1) is 21.8. The van der Waals surface area contributed by atoms with Crippen LogP contribution in [-0.2, 0) is 4.74 Å². The third kappa shape index (κ3) is 4.77. The lowest BCUT2D eigenvalue weighted by Crippen LogP contribution is -2.68. The summed E-state index contributed by atoms with van der Waals surface area (Å²) in [5, 5.41) is 16.5. The van der Waals surface area contributed by atoms with Crippen molar-refractivity contribution in [2.75, 3.05) is 45.3 Å². The van der Waals surface area contributed by atoms with Crippen molar-refractivity contribution in [2.24, 2.45) is 0 Å². The predicted molar refractivity (Wildman–Crippen MR) is 118 cm³/mol. The second-order valence-electron chi connectivity index (χ2n) is 8.05. The number of carbonyl (C=O) groups is 1. The molecule has 2 unspecified atom stereocenters. The zero-order chi connectivity index (χ0) is 21.8. The lowest BCUT2D eigenvalue weighted by Gasteiger charge is -2.52. The maximum absolute atomic E-state index is 12.7. The second-order valence-corrected chi connectivity index (χ2v) is 8.49. The number of urea groups is 1. The second kappa shape index (κ2) is 9.40. The third-order valence-electron chi connectivity index (χ3n) is 6.11. The fraction of sp³-hybridized carbons (Fsp3) is 0.455. The molecule has 0 saturated carbocycles. The molecule has 2 aromatic rings. The number of aromatic nitrogens is 1. The van der Waals surface area contributed by atoms with E-state index in [1.165, 1.54) is 0 Å². The molecule has 166 valence electrons. The molecule has 31 heavy (non-hydrogen) atoms. The van der Waals surface area contributed by atoms with Gasteiger partial charge >= 0.3 is 6.03 Å². The summed E-state index contributed by atoms with van der Waals surface area (Å²) in [5.41, 5.74) is 1.20. The molecule has 2 fully saturated rings.